The van der Waals surface area contributed by atoms with E-state index in [1.165, 1.54) is 55.8 Å². The highest BCUT2D eigenvalue weighted by Gasteiger charge is 2.33. The number of benzene rings is 2. The number of nitrogens with one attached hydrogen (secondary N) is 2. The predicted octanol–water partition coefficient (Wildman–Crippen LogP) is 5.18. The molecule has 0 fully saturated rings. The van der Waals surface area contributed by atoms with Gasteiger partial charge < -0.3 is 10.1 Å². The van der Waals surface area contributed by atoms with Crippen molar-refractivity contribution < 1.29 is 27.6 Å². The Labute approximate surface area is 195 Å². The number of alkyl halides is 3. The first-order valence-electron chi connectivity index (χ1n) is 9.35. The first-order chi connectivity index (χ1) is 16.1. The molecule has 3 aromatic rings. The summed E-state index contributed by atoms with van der Waals surface area (Å²) in [5.41, 5.74) is 1.23. The topological polar surface area (TPSA) is 119 Å². The smallest absolute Gasteiger partial charge is 0.433 e. The van der Waals surface area contributed by atoms with Gasteiger partial charge >= 0.3 is 6.18 Å². The molecule has 0 bridgehead atoms. The molecule has 176 valence electrons. The van der Waals surface area contributed by atoms with Crippen LogP contribution in [-0.4, -0.2) is 29.1 Å². The highest BCUT2D eigenvalue weighted by Crippen LogP contribution is 2.34. The number of hydrazone groups is 1. The number of anilines is 2. The Balaban J connectivity index is 1.88. The van der Waals surface area contributed by atoms with Gasteiger partial charge in [0.1, 0.15) is 17.3 Å². The van der Waals surface area contributed by atoms with Gasteiger partial charge in [-0.15, -0.1) is 0 Å². The number of ether oxygens (including phenoxy) is 1. The summed E-state index contributed by atoms with van der Waals surface area (Å²) < 4.78 is 44.8. The number of hydrogen-bond acceptors (Lipinski definition) is 7. The molecule has 0 aliphatic rings. The second kappa shape index (κ2) is 10.2. The van der Waals surface area contributed by atoms with Crippen LogP contribution in [0.1, 0.15) is 21.6 Å². The van der Waals surface area contributed by atoms with Crippen LogP contribution in [0.2, 0.25) is 5.02 Å². The lowest BCUT2D eigenvalue weighted by Gasteiger charge is -2.15. The summed E-state index contributed by atoms with van der Waals surface area (Å²) in [4.78, 5) is 26.3. The monoisotopic (exact) mass is 493 g/mol. The van der Waals surface area contributed by atoms with Crippen molar-refractivity contribution in [3.05, 3.63) is 86.6 Å². The fourth-order valence-electron chi connectivity index (χ4n) is 2.71. The molecule has 1 amide bonds. The lowest BCUT2D eigenvalue weighted by molar-refractivity contribution is -0.384. The number of rotatable bonds is 7. The summed E-state index contributed by atoms with van der Waals surface area (Å²) in [7, 11) is 1.36. The number of amides is 1. The van der Waals surface area contributed by atoms with E-state index >= 15 is 0 Å². The molecule has 2 N–H and O–H groups in total. The molecule has 1 heterocycles. The molecule has 0 unspecified atom stereocenters. The van der Waals surface area contributed by atoms with Crippen molar-refractivity contribution in [1.82, 2.24) is 10.4 Å². The van der Waals surface area contributed by atoms with Crippen molar-refractivity contribution >= 4 is 40.9 Å². The van der Waals surface area contributed by atoms with Crippen LogP contribution in [0.3, 0.4) is 0 Å². The molecule has 2 aromatic carbocycles. The van der Waals surface area contributed by atoms with E-state index in [2.05, 4.69) is 20.8 Å². The average Bonchev–Trinajstić information content (AvgIpc) is 2.79. The van der Waals surface area contributed by atoms with E-state index < -0.39 is 28.5 Å². The summed E-state index contributed by atoms with van der Waals surface area (Å²) in [6.07, 6.45) is -3.54. The van der Waals surface area contributed by atoms with Gasteiger partial charge in [-0.1, -0.05) is 11.6 Å². The van der Waals surface area contributed by atoms with Crippen LogP contribution in [0.25, 0.3) is 0 Å². The van der Waals surface area contributed by atoms with Gasteiger partial charge in [-0.3, -0.25) is 14.9 Å². The van der Waals surface area contributed by atoms with E-state index in [-0.39, 0.29) is 27.7 Å². The van der Waals surface area contributed by atoms with Gasteiger partial charge in [0.25, 0.3) is 11.6 Å². The Bertz CT molecular complexity index is 1250. The summed E-state index contributed by atoms with van der Waals surface area (Å²) in [5.74, 6) is -1.01. The highest BCUT2D eigenvalue weighted by atomic mass is 35.5. The molecule has 0 saturated carbocycles. The highest BCUT2D eigenvalue weighted by molar-refractivity contribution is 6.31. The van der Waals surface area contributed by atoms with Crippen molar-refractivity contribution in [2.24, 2.45) is 5.10 Å². The number of nitrogens with zero attached hydrogens (tertiary/aromatic N) is 3. The van der Waals surface area contributed by atoms with Gasteiger partial charge in [0, 0.05) is 17.2 Å². The molecule has 0 atom stereocenters. The largest absolute Gasteiger partial charge is 0.495 e. The predicted molar refractivity (Wildman–Crippen MR) is 119 cm³/mol. The molecule has 0 saturated heterocycles. The van der Waals surface area contributed by atoms with E-state index in [0.29, 0.717) is 11.6 Å². The maximum absolute atomic E-state index is 13.2. The number of methoxy groups -OCH3 is 1. The quantitative estimate of drug-likeness (QED) is 0.266. The van der Waals surface area contributed by atoms with Gasteiger partial charge in [-0.25, -0.2) is 10.4 Å². The van der Waals surface area contributed by atoms with Gasteiger partial charge in [0.05, 0.1) is 29.5 Å². The van der Waals surface area contributed by atoms with E-state index in [1.54, 1.807) is 0 Å². The van der Waals surface area contributed by atoms with Gasteiger partial charge in [0.2, 0.25) is 0 Å². The van der Waals surface area contributed by atoms with Crippen LogP contribution in [-0.2, 0) is 6.18 Å². The van der Waals surface area contributed by atoms with Crippen LogP contribution in [0.15, 0.2) is 59.7 Å². The van der Waals surface area contributed by atoms with Crippen molar-refractivity contribution in [2.45, 2.75) is 6.18 Å². The number of non-ortho nitro benzene ring substituents is 1. The van der Waals surface area contributed by atoms with E-state index in [0.717, 1.165) is 6.07 Å². The second-order valence-corrected chi connectivity index (χ2v) is 7.04. The van der Waals surface area contributed by atoms with Crippen LogP contribution < -0.4 is 15.5 Å². The van der Waals surface area contributed by atoms with Crippen LogP contribution in [0.5, 0.6) is 5.75 Å². The Hall–Kier alpha value is -4.19. The van der Waals surface area contributed by atoms with Crippen LogP contribution >= 0.6 is 11.6 Å². The lowest BCUT2D eigenvalue weighted by Crippen LogP contribution is -2.21. The number of nitro groups is 1. The van der Waals surface area contributed by atoms with E-state index in [1.807, 2.05) is 0 Å². The summed E-state index contributed by atoms with van der Waals surface area (Å²) in [6.45, 7) is 0. The zero-order valence-corrected chi connectivity index (χ0v) is 18.0. The molecule has 13 heteroatoms. The summed E-state index contributed by atoms with van der Waals surface area (Å²) in [5, 5.41) is 17.4. The number of nitro benzene ring substituents is 1. The average molecular weight is 494 g/mol. The maximum Gasteiger partial charge on any atom is 0.433 e. The number of carbonyl (C=O) groups excluding carboxylic acids is 1. The summed E-state index contributed by atoms with van der Waals surface area (Å²) in [6, 6.07) is 11.3. The molecular weight excluding hydrogens is 479 g/mol. The standard InChI is InChI=1S/C21H15ClF3N5O4/c1-34-17-8-4-13(22)10-16(17)27-19-15(7-9-18(28-19)21(23,24)25)20(31)29-26-11-12-2-5-14(6-3-12)30(32)33/h2-11H,1H3,(H,27,28)(H,29,31)/b26-11+. The SMILES string of the molecule is COc1ccc(Cl)cc1Nc1nc(C(F)(F)F)ccc1C(=O)N/N=C/c1ccc([N+](=O)[O-])cc1. The molecule has 0 radical (unpaired) electrons. The number of pyridine rings is 1. The Morgan fingerprint density at radius 3 is 2.50 bits per heavy atom. The summed E-state index contributed by atoms with van der Waals surface area (Å²) >= 11 is 5.97. The molecule has 0 aliphatic carbocycles. The first kappa shape index (κ1) is 24.5. The minimum Gasteiger partial charge on any atom is -0.495 e. The Morgan fingerprint density at radius 1 is 1.18 bits per heavy atom. The molecule has 0 spiro atoms. The Kier molecular flexibility index (Phi) is 7.31. The van der Waals surface area contributed by atoms with E-state index in [9.17, 15) is 28.1 Å². The van der Waals surface area contributed by atoms with Crippen molar-refractivity contribution in [2.75, 3.05) is 12.4 Å². The van der Waals surface area contributed by atoms with E-state index in [4.69, 9.17) is 16.3 Å². The van der Waals surface area contributed by atoms with Crippen molar-refractivity contribution in [3.63, 3.8) is 0 Å². The minimum absolute atomic E-state index is 0.121. The minimum atomic E-state index is -4.75. The fraction of sp³-hybridized carbons (Fsp3) is 0.0952. The molecule has 34 heavy (non-hydrogen) atoms. The van der Waals surface area contributed by atoms with Crippen molar-refractivity contribution in [1.29, 1.82) is 0 Å². The normalized spacial score (nSPS) is 11.3. The number of carbonyl (C=O) groups is 1. The third-order valence-corrected chi connectivity index (χ3v) is 4.56. The van der Waals surface area contributed by atoms with Crippen molar-refractivity contribution in [3.8, 4) is 5.75 Å². The fourth-order valence-corrected chi connectivity index (χ4v) is 2.88. The molecule has 3 rings (SSSR count). The second-order valence-electron chi connectivity index (χ2n) is 6.61. The number of aromatic nitrogens is 1. The third kappa shape index (κ3) is 5.98. The van der Waals surface area contributed by atoms with Gasteiger partial charge in [-0.05, 0) is 48.0 Å². The van der Waals surface area contributed by atoms with Gasteiger partial charge in [0.15, 0.2) is 0 Å². The third-order valence-electron chi connectivity index (χ3n) is 4.33. The zero-order valence-electron chi connectivity index (χ0n) is 17.3. The lowest BCUT2D eigenvalue weighted by atomic mass is 10.2. The molecular formula is C21H15ClF3N5O4. The van der Waals surface area contributed by atoms with Gasteiger partial charge in [-0.2, -0.15) is 18.3 Å². The number of hydrogen-bond donors (Lipinski definition) is 2. The zero-order chi connectivity index (χ0) is 24.9. The first-order valence-corrected chi connectivity index (χ1v) is 9.73. The molecule has 0 aliphatic heterocycles. The maximum atomic E-state index is 13.2. The van der Waals surface area contributed by atoms with Crippen LogP contribution in [0.4, 0.5) is 30.4 Å². The Morgan fingerprint density at radius 2 is 1.88 bits per heavy atom. The van der Waals surface area contributed by atoms with Crippen LogP contribution in [0, 0.1) is 10.1 Å². The number of halogens is 4. The molecule has 9 nitrogen and oxygen atoms in total. The molecule has 1 aromatic heterocycles.